The van der Waals surface area contributed by atoms with Crippen molar-refractivity contribution >= 4 is 29.5 Å². The maximum Gasteiger partial charge on any atom is 0.244 e. The van der Waals surface area contributed by atoms with Crippen molar-refractivity contribution in [1.29, 1.82) is 0 Å². The summed E-state index contributed by atoms with van der Waals surface area (Å²) >= 11 is 1.73. The maximum atomic E-state index is 13.6. The third-order valence-electron chi connectivity index (χ3n) is 7.61. The fourth-order valence-corrected chi connectivity index (χ4v) is 8.48. The zero-order valence-corrected chi connectivity index (χ0v) is 18.7. The first-order valence-corrected chi connectivity index (χ1v) is 12.5. The molecule has 8 heteroatoms. The summed E-state index contributed by atoms with van der Waals surface area (Å²) in [5.74, 6) is -0.854. The van der Waals surface area contributed by atoms with Gasteiger partial charge in [0.2, 0.25) is 17.7 Å². The van der Waals surface area contributed by atoms with E-state index < -0.39 is 16.7 Å². The summed E-state index contributed by atoms with van der Waals surface area (Å²) < 4.78 is -0.478. The van der Waals surface area contributed by atoms with Crippen LogP contribution in [0.15, 0.2) is 0 Å². The van der Waals surface area contributed by atoms with Crippen molar-refractivity contribution in [2.75, 3.05) is 20.2 Å². The van der Waals surface area contributed by atoms with Crippen molar-refractivity contribution in [1.82, 2.24) is 15.5 Å². The summed E-state index contributed by atoms with van der Waals surface area (Å²) in [4.78, 5) is 41.6. The van der Waals surface area contributed by atoms with Crippen molar-refractivity contribution in [3.05, 3.63) is 0 Å². The van der Waals surface area contributed by atoms with Gasteiger partial charge in [-0.15, -0.1) is 11.8 Å². The SMILES string of the molecule is CNC(=O)[C@@H]1[C@H]2C(=O)N(CCCCCO)C(C(=O)NC3CCCCC3)C23CC[C@H]1S3. The Morgan fingerprint density at radius 2 is 1.90 bits per heavy atom. The van der Waals surface area contributed by atoms with Gasteiger partial charge >= 0.3 is 0 Å². The number of amides is 3. The van der Waals surface area contributed by atoms with Crippen LogP contribution < -0.4 is 10.6 Å². The maximum absolute atomic E-state index is 13.6. The molecule has 0 aromatic heterocycles. The fourth-order valence-electron chi connectivity index (χ4n) is 6.26. The van der Waals surface area contributed by atoms with Crippen LogP contribution in [0.5, 0.6) is 0 Å². The minimum Gasteiger partial charge on any atom is -0.396 e. The molecule has 3 saturated heterocycles. The summed E-state index contributed by atoms with van der Waals surface area (Å²) in [6.45, 7) is 0.661. The summed E-state index contributed by atoms with van der Waals surface area (Å²) in [6, 6.07) is -0.290. The van der Waals surface area contributed by atoms with Crippen LogP contribution in [0.1, 0.15) is 64.2 Å². The molecule has 1 saturated carbocycles. The van der Waals surface area contributed by atoms with E-state index in [1.807, 2.05) is 0 Å². The molecule has 0 radical (unpaired) electrons. The lowest BCUT2D eigenvalue weighted by molar-refractivity contribution is -0.140. The number of hydrogen-bond donors (Lipinski definition) is 3. The highest BCUT2D eigenvalue weighted by Gasteiger charge is 2.73. The van der Waals surface area contributed by atoms with Gasteiger partial charge in [0.15, 0.2) is 0 Å². The minimum absolute atomic E-state index is 0.0221. The highest BCUT2D eigenvalue weighted by molar-refractivity contribution is 8.02. The van der Waals surface area contributed by atoms with Crippen molar-refractivity contribution in [2.45, 2.75) is 86.3 Å². The van der Waals surface area contributed by atoms with Gasteiger partial charge in [-0.3, -0.25) is 14.4 Å². The Labute approximate surface area is 183 Å². The summed E-state index contributed by atoms with van der Waals surface area (Å²) in [5, 5.41) is 15.2. The zero-order valence-electron chi connectivity index (χ0n) is 17.9. The Morgan fingerprint density at radius 3 is 2.60 bits per heavy atom. The number of aliphatic hydroxyl groups is 1. The Balaban J connectivity index is 1.59. The molecule has 2 unspecified atom stereocenters. The van der Waals surface area contributed by atoms with E-state index in [0.717, 1.165) is 51.4 Å². The quantitative estimate of drug-likeness (QED) is 0.499. The fraction of sp³-hybridized carbons (Fsp3) is 0.864. The number of carbonyl (C=O) groups is 3. The minimum atomic E-state index is -0.490. The molecule has 4 rings (SSSR count). The van der Waals surface area contributed by atoms with Crippen LogP contribution in [-0.4, -0.2) is 70.0 Å². The van der Waals surface area contributed by atoms with Crippen LogP contribution >= 0.6 is 11.8 Å². The van der Waals surface area contributed by atoms with Gasteiger partial charge < -0.3 is 20.6 Å². The molecular formula is C22H35N3O4S. The van der Waals surface area contributed by atoms with E-state index in [0.29, 0.717) is 13.0 Å². The molecule has 0 aromatic carbocycles. The molecule has 5 atom stereocenters. The Hall–Kier alpha value is -1.28. The van der Waals surface area contributed by atoms with E-state index in [-0.39, 0.29) is 41.5 Å². The number of unbranched alkanes of at least 4 members (excludes halogenated alkanes) is 2. The first-order valence-electron chi connectivity index (χ1n) is 11.6. The highest BCUT2D eigenvalue weighted by Crippen LogP contribution is 2.66. The van der Waals surface area contributed by atoms with Crippen LogP contribution in [0.3, 0.4) is 0 Å². The molecule has 3 heterocycles. The number of aliphatic hydroxyl groups excluding tert-OH is 1. The Bertz CT molecular complexity index is 683. The summed E-state index contributed by atoms with van der Waals surface area (Å²) in [7, 11) is 1.63. The van der Waals surface area contributed by atoms with Crippen molar-refractivity contribution in [2.24, 2.45) is 11.8 Å². The summed E-state index contributed by atoms with van der Waals surface area (Å²) in [6.07, 6.45) is 9.53. The van der Waals surface area contributed by atoms with E-state index in [2.05, 4.69) is 10.6 Å². The number of fused-ring (bicyclic) bond motifs is 1. The lowest BCUT2D eigenvalue weighted by Gasteiger charge is -2.35. The number of hydrogen-bond acceptors (Lipinski definition) is 5. The van der Waals surface area contributed by atoms with Gasteiger partial charge in [-0.1, -0.05) is 19.3 Å². The lowest BCUT2D eigenvalue weighted by atomic mass is 9.70. The van der Waals surface area contributed by atoms with Crippen LogP contribution in [0.2, 0.25) is 0 Å². The van der Waals surface area contributed by atoms with Gasteiger partial charge in [0, 0.05) is 31.5 Å². The average Bonchev–Trinajstić information content (AvgIpc) is 3.39. The van der Waals surface area contributed by atoms with E-state index in [4.69, 9.17) is 5.11 Å². The first-order chi connectivity index (χ1) is 14.5. The molecule has 2 bridgehead atoms. The molecule has 4 aliphatic rings. The van der Waals surface area contributed by atoms with E-state index in [1.165, 1.54) is 6.42 Å². The second-order valence-corrected chi connectivity index (χ2v) is 10.9. The number of likely N-dealkylation sites (tertiary alicyclic amines) is 1. The van der Waals surface area contributed by atoms with Gasteiger partial charge in [-0.25, -0.2) is 0 Å². The standard InChI is InChI=1S/C22H35N3O4S/c1-23-19(27)16-15-10-11-22(30-15)17(16)21(29)25(12-6-3-7-13-26)18(22)20(28)24-14-8-4-2-5-9-14/h14-18,26H,2-13H2,1H3,(H,23,27)(H,24,28)/t15-,16+,17+,18?,22?/m1/s1. The van der Waals surface area contributed by atoms with Crippen molar-refractivity contribution in [3.8, 4) is 0 Å². The second kappa shape index (κ2) is 9.07. The van der Waals surface area contributed by atoms with Gasteiger partial charge in [0.1, 0.15) is 6.04 Å². The van der Waals surface area contributed by atoms with Crippen LogP contribution in [0, 0.1) is 11.8 Å². The number of rotatable bonds is 8. The van der Waals surface area contributed by atoms with E-state index >= 15 is 0 Å². The number of carbonyl (C=O) groups excluding carboxylic acids is 3. The molecule has 7 nitrogen and oxygen atoms in total. The third-order valence-corrected chi connectivity index (χ3v) is 9.56. The van der Waals surface area contributed by atoms with E-state index in [1.54, 1.807) is 23.7 Å². The van der Waals surface area contributed by atoms with Crippen LogP contribution in [-0.2, 0) is 14.4 Å². The molecule has 1 spiro atoms. The molecule has 3 N–H and O–H groups in total. The highest BCUT2D eigenvalue weighted by atomic mass is 32.2. The lowest BCUT2D eigenvalue weighted by Crippen LogP contribution is -2.55. The summed E-state index contributed by atoms with van der Waals surface area (Å²) in [5.41, 5.74) is 0. The van der Waals surface area contributed by atoms with Crippen molar-refractivity contribution in [3.63, 3.8) is 0 Å². The van der Waals surface area contributed by atoms with Crippen LogP contribution in [0.25, 0.3) is 0 Å². The molecule has 3 aliphatic heterocycles. The number of nitrogens with one attached hydrogen (secondary N) is 2. The number of thioether (sulfide) groups is 1. The van der Waals surface area contributed by atoms with Gasteiger partial charge in [-0.2, -0.15) is 0 Å². The molecule has 168 valence electrons. The number of nitrogens with zero attached hydrogens (tertiary/aromatic N) is 1. The monoisotopic (exact) mass is 437 g/mol. The van der Waals surface area contributed by atoms with Gasteiger partial charge in [0.05, 0.1) is 16.6 Å². The second-order valence-electron chi connectivity index (χ2n) is 9.33. The topological polar surface area (TPSA) is 98.7 Å². The Kier molecular flexibility index (Phi) is 6.63. The van der Waals surface area contributed by atoms with Crippen molar-refractivity contribution < 1.29 is 19.5 Å². The first kappa shape index (κ1) is 21.9. The predicted octanol–water partition coefficient (Wildman–Crippen LogP) is 1.44. The predicted molar refractivity (Wildman–Crippen MR) is 116 cm³/mol. The molecule has 3 amide bonds. The molecule has 4 fully saturated rings. The smallest absolute Gasteiger partial charge is 0.244 e. The molecule has 1 aliphatic carbocycles. The molecule has 0 aromatic rings. The Morgan fingerprint density at radius 1 is 1.13 bits per heavy atom. The van der Waals surface area contributed by atoms with Crippen LogP contribution in [0.4, 0.5) is 0 Å². The molecule has 30 heavy (non-hydrogen) atoms. The largest absolute Gasteiger partial charge is 0.396 e. The van der Waals surface area contributed by atoms with Gasteiger partial charge in [0.25, 0.3) is 0 Å². The average molecular weight is 438 g/mol. The van der Waals surface area contributed by atoms with E-state index in [9.17, 15) is 14.4 Å². The molecular weight excluding hydrogens is 402 g/mol. The normalized spacial score (nSPS) is 35.5. The van der Waals surface area contributed by atoms with Gasteiger partial charge in [-0.05, 0) is 44.9 Å². The third kappa shape index (κ3) is 3.64. The zero-order chi connectivity index (χ0) is 21.3.